The minimum atomic E-state index is -0.774. The topological polar surface area (TPSA) is 83.4 Å². The smallest absolute Gasteiger partial charge is 0.336 e. The first-order chi connectivity index (χ1) is 13.4. The number of hydrogen-bond donors (Lipinski definition) is 0. The number of methoxy groups -OCH3 is 2. The van der Waals surface area contributed by atoms with Crippen LogP contribution in [0.2, 0.25) is 0 Å². The molecule has 7 heteroatoms. The fourth-order valence-electron chi connectivity index (χ4n) is 3.47. The molecule has 1 heterocycles. The summed E-state index contributed by atoms with van der Waals surface area (Å²) in [6.45, 7) is 7.40. The van der Waals surface area contributed by atoms with Crippen molar-refractivity contribution in [3.8, 4) is 11.5 Å². The summed E-state index contributed by atoms with van der Waals surface area (Å²) in [5.74, 6) is -1.29. The number of nitrogens with zero attached hydrogens (tertiary/aromatic N) is 1. The minimum absolute atomic E-state index is 0.213. The van der Waals surface area contributed by atoms with Crippen molar-refractivity contribution in [1.29, 1.82) is 0 Å². The Kier molecular flexibility index (Phi) is 7.20. The van der Waals surface area contributed by atoms with Crippen molar-refractivity contribution in [2.24, 2.45) is 10.9 Å². The molecule has 28 heavy (non-hydrogen) atoms. The zero-order valence-electron chi connectivity index (χ0n) is 17.2. The Morgan fingerprint density at radius 1 is 1.04 bits per heavy atom. The van der Waals surface area contributed by atoms with Crippen molar-refractivity contribution in [3.05, 3.63) is 35.0 Å². The first kappa shape index (κ1) is 21.5. The molecule has 0 fully saturated rings. The largest absolute Gasteiger partial charge is 0.497 e. The molecule has 0 aliphatic carbocycles. The van der Waals surface area contributed by atoms with Gasteiger partial charge in [0, 0.05) is 22.9 Å². The van der Waals surface area contributed by atoms with Crippen molar-refractivity contribution in [3.63, 3.8) is 0 Å². The quantitative estimate of drug-likeness (QED) is 0.666. The van der Waals surface area contributed by atoms with Gasteiger partial charge in [0.2, 0.25) is 0 Å². The maximum atomic E-state index is 12.8. The first-order valence-corrected chi connectivity index (χ1v) is 9.21. The number of carbonyl (C=O) groups is 2. The lowest BCUT2D eigenvalue weighted by molar-refractivity contribution is -0.146. The second-order valence-electron chi connectivity index (χ2n) is 6.29. The molecule has 1 aliphatic heterocycles. The van der Waals surface area contributed by atoms with E-state index in [2.05, 4.69) is 4.99 Å². The summed E-state index contributed by atoms with van der Waals surface area (Å²) in [4.78, 5) is 30.1. The van der Waals surface area contributed by atoms with E-state index in [1.807, 2.05) is 0 Å². The van der Waals surface area contributed by atoms with E-state index in [1.54, 1.807) is 53.0 Å². The Balaban J connectivity index is 2.75. The standard InChI is InChI=1S/C21H27NO6/c1-7-27-20(23)17-12(3)22-13(4)18(21(24)28-8-2)19(17)15-11-14(25-5)9-10-16(15)26-6/h9-11,17,19H,7-8H2,1-6H3/t17?,19-/m1/s1. The molecular formula is C21H27NO6. The van der Waals surface area contributed by atoms with Gasteiger partial charge in [0.05, 0.1) is 33.0 Å². The lowest BCUT2D eigenvalue weighted by atomic mass is 9.75. The summed E-state index contributed by atoms with van der Waals surface area (Å²) in [5.41, 5.74) is 2.03. The third-order valence-electron chi connectivity index (χ3n) is 4.64. The van der Waals surface area contributed by atoms with Crippen molar-refractivity contribution >= 4 is 17.7 Å². The Morgan fingerprint density at radius 2 is 1.71 bits per heavy atom. The number of rotatable bonds is 7. The lowest BCUT2D eigenvalue weighted by Gasteiger charge is -2.32. The summed E-state index contributed by atoms with van der Waals surface area (Å²) in [6, 6.07) is 5.27. The van der Waals surface area contributed by atoms with Crippen LogP contribution in [0.5, 0.6) is 11.5 Å². The van der Waals surface area contributed by atoms with E-state index in [0.717, 1.165) is 0 Å². The SMILES string of the molecule is CCOC(=O)C1=C(C)N=C(C)C(C(=O)OCC)[C@H]1c1cc(OC)ccc1OC. The number of esters is 2. The van der Waals surface area contributed by atoms with E-state index in [9.17, 15) is 9.59 Å². The van der Waals surface area contributed by atoms with Crippen LogP contribution in [0.3, 0.4) is 0 Å². The molecule has 1 aliphatic rings. The molecule has 0 aromatic heterocycles. The summed E-state index contributed by atoms with van der Waals surface area (Å²) in [6.07, 6.45) is 0. The van der Waals surface area contributed by atoms with Gasteiger partial charge in [-0.15, -0.1) is 0 Å². The highest BCUT2D eigenvalue weighted by atomic mass is 16.5. The maximum Gasteiger partial charge on any atom is 0.336 e. The number of hydrogen-bond acceptors (Lipinski definition) is 7. The summed E-state index contributed by atoms with van der Waals surface area (Å²) >= 11 is 0. The highest BCUT2D eigenvalue weighted by molar-refractivity contribution is 6.07. The fourth-order valence-corrected chi connectivity index (χ4v) is 3.47. The van der Waals surface area contributed by atoms with Gasteiger partial charge in [0.25, 0.3) is 0 Å². The fraction of sp³-hybridized carbons (Fsp3) is 0.476. The molecule has 1 unspecified atom stereocenters. The van der Waals surface area contributed by atoms with Gasteiger partial charge in [-0.25, -0.2) is 4.79 Å². The number of aliphatic imine (C=N–C) groups is 1. The van der Waals surface area contributed by atoms with Crippen LogP contribution in [0.15, 0.2) is 34.5 Å². The molecule has 2 atom stereocenters. The molecule has 0 radical (unpaired) electrons. The third kappa shape index (κ3) is 4.18. The second-order valence-corrected chi connectivity index (χ2v) is 6.29. The van der Waals surface area contributed by atoms with E-state index in [-0.39, 0.29) is 13.2 Å². The Morgan fingerprint density at radius 3 is 2.29 bits per heavy atom. The third-order valence-corrected chi connectivity index (χ3v) is 4.64. The van der Waals surface area contributed by atoms with Gasteiger partial charge >= 0.3 is 11.9 Å². The van der Waals surface area contributed by atoms with Crippen LogP contribution >= 0.6 is 0 Å². The number of benzene rings is 1. The molecule has 0 N–H and O–H groups in total. The molecule has 1 aromatic rings. The van der Waals surface area contributed by atoms with Crippen LogP contribution in [0.25, 0.3) is 0 Å². The highest BCUT2D eigenvalue weighted by Crippen LogP contribution is 2.44. The van der Waals surface area contributed by atoms with Crippen LogP contribution in [0.4, 0.5) is 0 Å². The van der Waals surface area contributed by atoms with Crippen molar-refractivity contribution < 1.29 is 28.5 Å². The van der Waals surface area contributed by atoms with Crippen molar-refractivity contribution in [2.45, 2.75) is 33.6 Å². The van der Waals surface area contributed by atoms with E-state index >= 15 is 0 Å². The molecule has 0 amide bonds. The molecule has 0 saturated heterocycles. The van der Waals surface area contributed by atoms with Crippen LogP contribution in [0, 0.1) is 5.92 Å². The normalized spacial score (nSPS) is 19.0. The zero-order chi connectivity index (χ0) is 20.8. The molecular weight excluding hydrogens is 362 g/mol. The summed E-state index contributed by atoms with van der Waals surface area (Å²) < 4.78 is 21.4. The molecule has 0 spiro atoms. The Bertz CT molecular complexity index is 811. The zero-order valence-corrected chi connectivity index (χ0v) is 17.2. The molecule has 0 bridgehead atoms. The number of allylic oxidation sites excluding steroid dienone is 1. The molecule has 0 saturated carbocycles. The van der Waals surface area contributed by atoms with Gasteiger partial charge in [-0.3, -0.25) is 9.79 Å². The molecule has 2 rings (SSSR count). The summed E-state index contributed by atoms with van der Waals surface area (Å²) in [5, 5.41) is 0. The first-order valence-electron chi connectivity index (χ1n) is 9.21. The van der Waals surface area contributed by atoms with Crippen LogP contribution in [-0.2, 0) is 19.1 Å². The number of ether oxygens (including phenoxy) is 4. The van der Waals surface area contributed by atoms with Gasteiger partial charge in [0.15, 0.2) is 0 Å². The second kappa shape index (κ2) is 9.39. The van der Waals surface area contributed by atoms with Crippen LogP contribution in [0.1, 0.15) is 39.2 Å². The molecule has 1 aromatic carbocycles. The van der Waals surface area contributed by atoms with Gasteiger partial charge < -0.3 is 18.9 Å². The predicted molar refractivity (Wildman–Crippen MR) is 105 cm³/mol. The average Bonchev–Trinajstić information content (AvgIpc) is 2.66. The highest BCUT2D eigenvalue weighted by Gasteiger charge is 2.43. The van der Waals surface area contributed by atoms with Crippen LogP contribution < -0.4 is 9.47 Å². The minimum Gasteiger partial charge on any atom is -0.497 e. The maximum absolute atomic E-state index is 12.8. The molecule has 152 valence electrons. The van der Waals surface area contributed by atoms with Gasteiger partial charge in [-0.1, -0.05) is 0 Å². The predicted octanol–water partition coefficient (Wildman–Crippen LogP) is 3.28. The van der Waals surface area contributed by atoms with E-state index in [4.69, 9.17) is 18.9 Å². The summed E-state index contributed by atoms with van der Waals surface area (Å²) in [7, 11) is 3.09. The molecule has 7 nitrogen and oxygen atoms in total. The van der Waals surface area contributed by atoms with Gasteiger partial charge in [0.1, 0.15) is 17.4 Å². The van der Waals surface area contributed by atoms with Gasteiger partial charge in [-0.05, 0) is 45.9 Å². The van der Waals surface area contributed by atoms with E-state index in [0.29, 0.717) is 34.0 Å². The lowest BCUT2D eigenvalue weighted by Crippen LogP contribution is -2.36. The number of carbonyl (C=O) groups excluding carboxylic acids is 2. The van der Waals surface area contributed by atoms with Crippen molar-refractivity contribution in [2.75, 3.05) is 27.4 Å². The monoisotopic (exact) mass is 389 g/mol. The Hall–Kier alpha value is -2.83. The average molecular weight is 389 g/mol. The van der Waals surface area contributed by atoms with E-state index < -0.39 is 23.8 Å². The van der Waals surface area contributed by atoms with Crippen molar-refractivity contribution in [1.82, 2.24) is 0 Å². The Labute approximate surface area is 165 Å². The van der Waals surface area contributed by atoms with Gasteiger partial charge in [-0.2, -0.15) is 0 Å². The van der Waals surface area contributed by atoms with E-state index in [1.165, 1.54) is 7.11 Å². The van der Waals surface area contributed by atoms with Crippen LogP contribution in [-0.4, -0.2) is 45.1 Å².